The predicted molar refractivity (Wildman–Crippen MR) is 59.1 cm³/mol. The van der Waals surface area contributed by atoms with Crippen LogP contribution in [0.3, 0.4) is 0 Å². The Balaban J connectivity index is 2.71. The van der Waals surface area contributed by atoms with Crippen molar-refractivity contribution in [2.24, 2.45) is 0 Å². The standard InChI is InChI=1S/C12H15NO2/c1-9(15)11-5-3-10(4-6-11)7-12(8-14)13-2/h3-6,8,12-13H,7H2,1-2H3. The number of carbonyl (C=O) groups excluding carboxylic acids is 2. The highest BCUT2D eigenvalue weighted by Crippen LogP contribution is 2.06. The van der Waals surface area contributed by atoms with E-state index in [0.717, 1.165) is 11.8 Å². The molecule has 0 saturated carbocycles. The highest BCUT2D eigenvalue weighted by atomic mass is 16.1. The number of benzene rings is 1. The number of carbonyl (C=O) groups is 2. The first-order chi connectivity index (χ1) is 7.17. The maximum atomic E-state index is 11.0. The summed E-state index contributed by atoms with van der Waals surface area (Å²) in [6.45, 7) is 1.54. The van der Waals surface area contributed by atoms with Crippen LogP contribution in [0.1, 0.15) is 22.8 Å². The highest BCUT2D eigenvalue weighted by Gasteiger charge is 2.05. The summed E-state index contributed by atoms with van der Waals surface area (Å²) in [5.74, 6) is 0.0575. The molecular weight excluding hydrogens is 190 g/mol. The Morgan fingerprint density at radius 1 is 1.40 bits per heavy atom. The Bertz CT molecular complexity index is 343. The van der Waals surface area contributed by atoms with E-state index in [1.54, 1.807) is 19.2 Å². The topological polar surface area (TPSA) is 46.2 Å². The van der Waals surface area contributed by atoms with E-state index >= 15 is 0 Å². The van der Waals surface area contributed by atoms with Gasteiger partial charge in [-0.25, -0.2) is 0 Å². The monoisotopic (exact) mass is 205 g/mol. The van der Waals surface area contributed by atoms with Crippen LogP contribution < -0.4 is 5.32 Å². The minimum Gasteiger partial charge on any atom is -0.311 e. The van der Waals surface area contributed by atoms with Crippen LogP contribution in [-0.2, 0) is 11.2 Å². The minimum atomic E-state index is -0.159. The molecule has 0 bridgehead atoms. The van der Waals surface area contributed by atoms with E-state index in [4.69, 9.17) is 0 Å². The summed E-state index contributed by atoms with van der Waals surface area (Å²) in [7, 11) is 1.75. The van der Waals surface area contributed by atoms with E-state index in [1.165, 1.54) is 6.92 Å². The van der Waals surface area contributed by atoms with Gasteiger partial charge in [-0.15, -0.1) is 0 Å². The van der Waals surface area contributed by atoms with Crippen molar-refractivity contribution in [3.63, 3.8) is 0 Å². The van der Waals surface area contributed by atoms with E-state index in [-0.39, 0.29) is 11.8 Å². The van der Waals surface area contributed by atoms with Crippen molar-refractivity contribution in [3.8, 4) is 0 Å². The first kappa shape index (κ1) is 11.6. The first-order valence-electron chi connectivity index (χ1n) is 4.90. The van der Waals surface area contributed by atoms with E-state index in [1.807, 2.05) is 12.1 Å². The fourth-order valence-corrected chi connectivity index (χ4v) is 1.35. The molecule has 3 nitrogen and oxygen atoms in total. The molecule has 0 saturated heterocycles. The van der Waals surface area contributed by atoms with Crippen molar-refractivity contribution in [1.29, 1.82) is 0 Å². The van der Waals surface area contributed by atoms with Crippen LogP contribution in [0.25, 0.3) is 0 Å². The quantitative estimate of drug-likeness (QED) is 0.580. The molecule has 1 rings (SSSR count). The molecule has 0 aliphatic carbocycles. The van der Waals surface area contributed by atoms with Crippen molar-refractivity contribution in [2.75, 3.05) is 7.05 Å². The molecule has 0 aromatic heterocycles. The van der Waals surface area contributed by atoms with Gasteiger partial charge >= 0.3 is 0 Å². The van der Waals surface area contributed by atoms with Crippen LogP contribution >= 0.6 is 0 Å². The number of likely N-dealkylation sites (N-methyl/N-ethyl adjacent to an activating group) is 1. The largest absolute Gasteiger partial charge is 0.311 e. The van der Waals surface area contributed by atoms with Gasteiger partial charge in [0.2, 0.25) is 0 Å². The summed E-state index contributed by atoms with van der Waals surface area (Å²) < 4.78 is 0. The molecule has 0 spiro atoms. The molecular formula is C12H15NO2. The smallest absolute Gasteiger partial charge is 0.159 e. The molecule has 1 aromatic carbocycles. The van der Waals surface area contributed by atoms with Gasteiger partial charge in [-0.1, -0.05) is 24.3 Å². The maximum absolute atomic E-state index is 11.0. The van der Waals surface area contributed by atoms with Gasteiger partial charge in [0, 0.05) is 5.56 Å². The second-order valence-electron chi connectivity index (χ2n) is 3.49. The number of ketones is 1. The van der Waals surface area contributed by atoms with Gasteiger partial charge in [0.1, 0.15) is 6.29 Å². The summed E-state index contributed by atoms with van der Waals surface area (Å²) in [5, 5.41) is 2.90. The summed E-state index contributed by atoms with van der Waals surface area (Å²) in [5.41, 5.74) is 1.75. The number of rotatable bonds is 5. The molecule has 80 valence electrons. The molecule has 1 N–H and O–H groups in total. The third kappa shape index (κ3) is 3.29. The van der Waals surface area contributed by atoms with Crippen LogP contribution in [0.5, 0.6) is 0 Å². The number of hydrogen-bond donors (Lipinski definition) is 1. The number of hydrogen-bond acceptors (Lipinski definition) is 3. The maximum Gasteiger partial charge on any atom is 0.159 e. The van der Waals surface area contributed by atoms with Crippen LogP contribution in [-0.4, -0.2) is 25.2 Å². The molecule has 3 heteroatoms. The van der Waals surface area contributed by atoms with Crippen molar-refractivity contribution >= 4 is 12.1 Å². The van der Waals surface area contributed by atoms with E-state index in [9.17, 15) is 9.59 Å². The molecule has 0 fully saturated rings. The number of nitrogens with one attached hydrogen (secondary N) is 1. The molecule has 0 aliphatic heterocycles. The molecule has 1 unspecified atom stereocenters. The third-order valence-electron chi connectivity index (χ3n) is 2.35. The molecule has 0 amide bonds. The van der Waals surface area contributed by atoms with E-state index in [2.05, 4.69) is 5.32 Å². The van der Waals surface area contributed by atoms with Gasteiger partial charge in [0.05, 0.1) is 6.04 Å². The molecule has 0 radical (unpaired) electrons. The van der Waals surface area contributed by atoms with Crippen molar-refractivity contribution in [2.45, 2.75) is 19.4 Å². The van der Waals surface area contributed by atoms with Gasteiger partial charge < -0.3 is 10.1 Å². The van der Waals surface area contributed by atoms with Gasteiger partial charge in [-0.2, -0.15) is 0 Å². The lowest BCUT2D eigenvalue weighted by Crippen LogP contribution is -2.28. The first-order valence-corrected chi connectivity index (χ1v) is 4.90. The molecule has 0 heterocycles. The Labute approximate surface area is 89.5 Å². The lowest BCUT2D eigenvalue weighted by molar-refractivity contribution is -0.109. The molecule has 0 aliphatic rings. The van der Waals surface area contributed by atoms with Crippen molar-refractivity contribution < 1.29 is 9.59 Å². The summed E-state index contributed by atoms with van der Waals surface area (Å²) in [6, 6.07) is 7.17. The normalized spacial score (nSPS) is 12.1. The molecule has 1 aromatic rings. The highest BCUT2D eigenvalue weighted by molar-refractivity contribution is 5.94. The minimum absolute atomic E-state index is 0.0575. The van der Waals surface area contributed by atoms with Crippen LogP contribution in [0.15, 0.2) is 24.3 Å². The average molecular weight is 205 g/mol. The van der Waals surface area contributed by atoms with Crippen LogP contribution in [0.4, 0.5) is 0 Å². The van der Waals surface area contributed by atoms with Crippen LogP contribution in [0.2, 0.25) is 0 Å². The van der Waals surface area contributed by atoms with Gasteiger partial charge in [0.25, 0.3) is 0 Å². The SMILES string of the molecule is CNC(C=O)Cc1ccc(C(C)=O)cc1. The summed E-state index contributed by atoms with van der Waals surface area (Å²) in [6.07, 6.45) is 1.54. The second-order valence-corrected chi connectivity index (χ2v) is 3.49. The lowest BCUT2D eigenvalue weighted by atomic mass is 10.0. The number of Topliss-reactive ketones (excluding diaryl/α,β-unsaturated/α-hetero) is 1. The molecule has 15 heavy (non-hydrogen) atoms. The number of aldehydes is 1. The van der Waals surface area contributed by atoms with E-state index in [0.29, 0.717) is 12.0 Å². The second kappa shape index (κ2) is 5.41. The predicted octanol–water partition coefficient (Wildman–Crippen LogP) is 1.22. The van der Waals surface area contributed by atoms with Gasteiger partial charge in [0.15, 0.2) is 5.78 Å². The zero-order chi connectivity index (χ0) is 11.3. The fraction of sp³-hybridized carbons (Fsp3) is 0.333. The lowest BCUT2D eigenvalue weighted by Gasteiger charge is -2.08. The summed E-state index contributed by atoms with van der Waals surface area (Å²) in [4.78, 5) is 21.6. The van der Waals surface area contributed by atoms with Crippen molar-refractivity contribution in [3.05, 3.63) is 35.4 Å². The zero-order valence-electron chi connectivity index (χ0n) is 8.99. The third-order valence-corrected chi connectivity index (χ3v) is 2.35. The fourth-order valence-electron chi connectivity index (χ4n) is 1.35. The molecule has 1 atom stereocenters. The Morgan fingerprint density at radius 3 is 2.40 bits per heavy atom. The van der Waals surface area contributed by atoms with Crippen LogP contribution in [0, 0.1) is 0 Å². The van der Waals surface area contributed by atoms with E-state index < -0.39 is 0 Å². The summed E-state index contributed by atoms with van der Waals surface area (Å²) >= 11 is 0. The Hall–Kier alpha value is -1.48. The van der Waals surface area contributed by atoms with Gasteiger partial charge in [-0.05, 0) is 26.0 Å². The Morgan fingerprint density at radius 2 is 2.00 bits per heavy atom. The zero-order valence-corrected chi connectivity index (χ0v) is 8.99. The van der Waals surface area contributed by atoms with Gasteiger partial charge in [-0.3, -0.25) is 4.79 Å². The average Bonchev–Trinajstić information content (AvgIpc) is 2.26. The van der Waals surface area contributed by atoms with Crippen molar-refractivity contribution in [1.82, 2.24) is 5.32 Å². The Kier molecular flexibility index (Phi) is 4.18.